The summed E-state index contributed by atoms with van der Waals surface area (Å²) in [7, 11) is 1.67. The molecule has 0 spiro atoms. The van der Waals surface area contributed by atoms with E-state index in [4.69, 9.17) is 14.2 Å². The van der Waals surface area contributed by atoms with Gasteiger partial charge in [0.15, 0.2) is 0 Å². The molecule has 0 radical (unpaired) electrons. The number of carbonyl (C=O) groups excluding carboxylic acids is 1. The number of amides is 1. The maximum Gasteiger partial charge on any atom is 0.410 e. The molecular weight excluding hydrogens is 452 g/mol. The van der Waals surface area contributed by atoms with Crippen LogP contribution in [0, 0.1) is 0 Å². The Morgan fingerprint density at radius 2 is 1.58 bits per heavy atom. The number of methoxy groups -OCH3 is 1. The standard InChI is InChI=1S/C30H36N2O4/c1-4-23-10-16-27(17-11-23)35-21-29-28(31-19-24-12-14-26(34-3)15-13-24)18-22(2)32(29)30(33)36-20-25-8-6-5-7-9-25/h5-17,22,28-29,31H,4,18-21H2,1-3H3/t22-,28+,29+/m1/s1. The van der Waals surface area contributed by atoms with Gasteiger partial charge in [-0.15, -0.1) is 0 Å². The van der Waals surface area contributed by atoms with E-state index in [1.807, 2.05) is 59.5 Å². The van der Waals surface area contributed by atoms with E-state index in [2.05, 4.69) is 43.4 Å². The van der Waals surface area contributed by atoms with Crippen LogP contribution in [-0.4, -0.2) is 42.8 Å². The van der Waals surface area contributed by atoms with Crippen molar-refractivity contribution in [2.24, 2.45) is 0 Å². The van der Waals surface area contributed by atoms with Gasteiger partial charge in [-0.3, -0.25) is 4.90 Å². The number of hydrogen-bond acceptors (Lipinski definition) is 5. The van der Waals surface area contributed by atoms with Gasteiger partial charge < -0.3 is 19.5 Å². The minimum absolute atomic E-state index is 0.0257. The fraction of sp³-hybridized carbons (Fsp3) is 0.367. The van der Waals surface area contributed by atoms with E-state index in [0.29, 0.717) is 13.2 Å². The number of aryl methyl sites for hydroxylation is 1. The van der Waals surface area contributed by atoms with Gasteiger partial charge in [-0.1, -0.05) is 61.5 Å². The van der Waals surface area contributed by atoms with Crippen molar-refractivity contribution in [2.75, 3.05) is 13.7 Å². The topological polar surface area (TPSA) is 60.0 Å². The predicted molar refractivity (Wildman–Crippen MR) is 141 cm³/mol. The van der Waals surface area contributed by atoms with Crippen LogP contribution in [0.25, 0.3) is 0 Å². The van der Waals surface area contributed by atoms with Crippen LogP contribution < -0.4 is 14.8 Å². The second kappa shape index (κ2) is 12.5. The van der Waals surface area contributed by atoms with E-state index >= 15 is 0 Å². The molecule has 1 heterocycles. The number of nitrogens with one attached hydrogen (secondary N) is 1. The number of carbonyl (C=O) groups is 1. The molecule has 6 heteroatoms. The predicted octanol–water partition coefficient (Wildman–Crippen LogP) is 5.59. The van der Waals surface area contributed by atoms with Gasteiger partial charge in [0, 0.05) is 18.6 Å². The van der Waals surface area contributed by atoms with Crippen molar-refractivity contribution in [3.8, 4) is 11.5 Å². The Morgan fingerprint density at radius 3 is 2.25 bits per heavy atom. The number of ether oxygens (including phenoxy) is 3. The molecule has 1 amide bonds. The molecule has 0 unspecified atom stereocenters. The van der Waals surface area contributed by atoms with E-state index in [0.717, 1.165) is 35.5 Å². The van der Waals surface area contributed by atoms with Gasteiger partial charge in [0.25, 0.3) is 0 Å². The molecule has 190 valence electrons. The fourth-order valence-electron chi connectivity index (χ4n) is 4.68. The molecule has 3 aromatic rings. The zero-order valence-electron chi connectivity index (χ0n) is 21.4. The van der Waals surface area contributed by atoms with Gasteiger partial charge in [0.2, 0.25) is 0 Å². The van der Waals surface area contributed by atoms with Crippen LogP contribution in [0.2, 0.25) is 0 Å². The smallest absolute Gasteiger partial charge is 0.410 e. The summed E-state index contributed by atoms with van der Waals surface area (Å²) in [4.78, 5) is 15.1. The lowest BCUT2D eigenvalue weighted by Gasteiger charge is -2.30. The van der Waals surface area contributed by atoms with Crippen molar-refractivity contribution in [1.29, 1.82) is 0 Å². The quantitative estimate of drug-likeness (QED) is 0.403. The molecule has 1 aliphatic heterocycles. The summed E-state index contributed by atoms with van der Waals surface area (Å²) in [6.07, 6.45) is 1.49. The highest BCUT2D eigenvalue weighted by Crippen LogP contribution is 2.27. The molecule has 0 aliphatic carbocycles. The molecule has 3 aromatic carbocycles. The Labute approximate surface area is 214 Å². The highest BCUT2D eigenvalue weighted by Gasteiger charge is 2.43. The summed E-state index contributed by atoms with van der Waals surface area (Å²) in [5, 5.41) is 3.66. The zero-order valence-corrected chi connectivity index (χ0v) is 21.4. The highest BCUT2D eigenvalue weighted by atomic mass is 16.6. The first-order chi connectivity index (χ1) is 17.6. The lowest BCUT2D eigenvalue weighted by atomic mass is 10.1. The number of benzene rings is 3. The molecule has 0 bridgehead atoms. The minimum Gasteiger partial charge on any atom is -0.497 e. The molecule has 1 N–H and O–H groups in total. The first-order valence-electron chi connectivity index (χ1n) is 12.6. The van der Waals surface area contributed by atoms with Crippen LogP contribution in [0.15, 0.2) is 78.9 Å². The molecule has 4 rings (SSSR count). The van der Waals surface area contributed by atoms with Crippen LogP contribution in [-0.2, 0) is 24.3 Å². The number of rotatable bonds is 10. The number of likely N-dealkylation sites (tertiary alicyclic amines) is 1. The van der Waals surface area contributed by atoms with Gasteiger partial charge in [-0.05, 0) is 60.7 Å². The first-order valence-corrected chi connectivity index (χ1v) is 12.6. The maximum absolute atomic E-state index is 13.2. The lowest BCUT2D eigenvalue weighted by molar-refractivity contribution is 0.0674. The first kappa shape index (κ1) is 25.6. The Balaban J connectivity index is 1.45. The third-order valence-corrected chi connectivity index (χ3v) is 6.79. The van der Waals surface area contributed by atoms with E-state index < -0.39 is 0 Å². The van der Waals surface area contributed by atoms with Gasteiger partial charge in [0.1, 0.15) is 24.7 Å². The number of hydrogen-bond donors (Lipinski definition) is 1. The second-order valence-electron chi connectivity index (χ2n) is 9.24. The zero-order chi connectivity index (χ0) is 25.3. The van der Waals surface area contributed by atoms with Crippen LogP contribution in [0.5, 0.6) is 11.5 Å². The summed E-state index contributed by atoms with van der Waals surface area (Å²) in [5.74, 6) is 1.64. The molecule has 36 heavy (non-hydrogen) atoms. The van der Waals surface area contributed by atoms with Gasteiger partial charge in [-0.25, -0.2) is 4.79 Å². The Kier molecular flexibility index (Phi) is 8.85. The number of nitrogens with zero attached hydrogens (tertiary/aromatic N) is 1. The molecule has 3 atom stereocenters. The van der Waals surface area contributed by atoms with Crippen LogP contribution in [0.4, 0.5) is 4.79 Å². The third kappa shape index (κ3) is 6.58. The van der Waals surface area contributed by atoms with Gasteiger partial charge in [-0.2, -0.15) is 0 Å². The van der Waals surface area contributed by atoms with Crippen molar-refractivity contribution >= 4 is 6.09 Å². The largest absolute Gasteiger partial charge is 0.497 e. The van der Waals surface area contributed by atoms with Crippen molar-refractivity contribution < 1.29 is 19.0 Å². The van der Waals surface area contributed by atoms with Crippen LogP contribution in [0.3, 0.4) is 0 Å². The Bertz CT molecular complexity index is 1090. The summed E-state index contributed by atoms with van der Waals surface area (Å²) in [6.45, 7) is 5.53. The summed E-state index contributed by atoms with van der Waals surface area (Å²) < 4.78 is 17.2. The minimum atomic E-state index is -0.310. The monoisotopic (exact) mass is 488 g/mol. The van der Waals surface area contributed by atoms with E-state index in [1.165, 1.54) is 5.56 Å². The van der Waals surface area contributed by atoms with Crippen LogP contribution in [0.1, 0.15) is 37.0 Å². The Morgan fingerprint density at radius 1 is 0.917 bits per heavy atom. The van der Waals surface area contributed by atoms with E-state index in [1.54, 1.807) is 7.11 Å². The lowest BCUT2D eigenvalue weighted by Crippen LogP contribution is -2.49. The molecular formula is C30H36N2O4. The van der Waals surface area contributed by atoms with Gasteiger partial charge >= 0.3 is 6.09 Å². The average Bonchev–Trinajstić information content (AvgIpc) is 3.25. The summed E-state index contributed by atoms with van der Waals surface area (Å²) >= 11 is 0. The molecule has 1 aliphatic rings. The summed E-state index contributed by atoms with van der Waals surface area (Å²) in [5.41, 5.74) is 3.39. The molecule has 0 aromatic heterocycles. The normalized spacial score (nSPS) is 19.2. The SMILES string of the molecule is CCc1ccc(OC[C@H]2[C@@H](NCc3ccc(OC)cc3)C[C@@H](C)N2C(=O)OCc2ccccc2)cc1. The molecule has 6 nitrogen and oxygen atoms in total. The molecule has 1 saturated heterocycles. The average molecular weight is 489 g/mol. The highest BCUT2D eigenvalue weighted by molar-refractivity contribution is 5.69. The fourth-order valence-corrected chi connectivity index (χ4v) is 4.68. The maximum atomic E-state index is 13.2. The van der Waals surface area contributed by atoms with Crippen molar-refractivity contribution in [2.45, 2.75) is 58.0 Å². The third-order valence-electron chi connectivity index (χ3n) is 6.79. The summed E-state index contributed by atoms with van der Waals surface area (Å²) in [6, 6.07) is 25.9. The van der Waals surface area contributed by atoms with Crippen molar-refractivity contribution in [1.82, 2.24) is 10.2 Å². The molecule has 1 fully saturated rings. The van der Waals surface area contributed by atoms with Crippen molar-refractivity contribution in [3.05, 3.63) is 95.6 Å². The van der Waals surface area contributed by atoms with E-state index in [-0.39, 0.29) is 30.8 Å². The van der Waals surface area contributed by atoms with Crippen LogP contribution >= 0.6 is 0 Å². The second-order valence-corrected chi connectivity index (χ2v) is 9.24. The van der Waals surface area contributed by atoms with E-state index in [9.17, 15) is 4.79 Å². The van der Waals surface area contributed by atoms with Crippen molar-refractivity contribution in [3.63, 3.8) is 0 Å². The Hall–Kier alpha value is -3.51. The molecule has 0 saturated carbocycles. The van der Waals surface area contributed by atoms with Gasteiger partial charge in [0.05, 0.1) is 13.2 Å².